The van der Waals surface area contributed by atoms with Crippen molar-refractivity contribution < 1.29 is 0 Å². The largest absolute Gasteiger partial charge is 0.345 e. The standard InChI is InChI=1S/C13H18N2/c1-10-4-5-12-9-11(2)15(7-3-6-14)13(12)8-10/h4-5,8-9H,3,6-7,14H2,1-2H3. The van der Waals surface area contributed by atoms with Crippen molar-refractivity contribution in [3.05, 3.63) is 35.5 Å². The first-order valence-electron chi connectivity index (χ1n) is 5.49. The lowest BCUT2D eigenvalue weighted by atomic mass is 10.2. The Morgan fingerprint density at radius 3 is 2.73 bits per heavy atom. The van der Waals surface area contributed by atoms with E-state index >= 15 is 0 Å². The summed E-state index contributed by atoms with van der Waals surface area (Å²) in [7, 11) is 0. The van der Waals surface area contributed by atoms with Crippen molar-refractivity contribution in [2.75, 3.05) is 6.54 Å². The van der Waals surface area contributed by atoms with Crippen LogP contribution in [-0.2, 0) is 6.54 Å². The molecule has 0 aliphatic carbocycles. The van der Waals surface area contributed by atoms with E-state index in [1.54, 1.807) is 0 Å². The first kappa shape index (κ1) is 10.2. The predicted octanol–water partition coefficient (Wildman–Crippen LogP) is 2.61. The lowest BCUT2D eigenvalue weighted by molar-refractivity contribution is 0.656. The molecule has 1 heterocycles. The maximum absolute atomic E-state index is 5.56. The lowest BCUT2D eigenvalue weighted by Gasteiger charge is -2.07. The normalized spacial score (nSPS) is 11.1. The zero-order chi connectivity index (χ0) is 10.8. The van der Waals surface area contributed by atoms with Gasteiger partial charge in [0.1, 0.15) is 0 Å². The third kappa shape index (κ3) is 1.90. The van der Waals surface area contributed by atoms with Crippen molar-refractivity contribution in [1.29, 1.82) is 0 Å². The summed E-state index contributed by atoms with van der Waals surface area (Å²) in [5.74, 6) is 0. The van der Waals surface area contributed by atoms with E-state index in [0.717, 1.165) is 19.5 Å². The Hall–Kier alpha value is -1.28. The molecule has 0 radical (unpaired) electrons. The number of hydrogen-bond donors (Lipinski definition) is 1. The molecule has 1 aromatic heterocycles. The number of aryl methyl sites for hydroxylation is 3. The molecule has 0 amide bonds. The third-order valence-corrected chi connectivity index (χ3v) is 2.85. The molecule has 0 bridgehead atoms. The molecule has 2 aromatic rings. The monoisotopic (exact) mass is 202 g/mol. The summed E-state index contributed by atoms with van der Waals surface area (Å²) in [6.45, 7) is 6.07. The van der Waals surface area contributed by atoms with Crippen LogP contribution < -0.4 is 5.73 Å². The first-order chi connectivity index (χ1) is 7.22. The smallest absolute Gasteiger partial charge is 0.0485 e. The van der Waals surface area contributed by atoms with Gasteiger partial charge in [-0.05, 0) is 49.9 Å². The van der Waals surface area contributed by atoms with E-state index in [2.05, 4.69) is 42.7 Å². The van der Waals surface area contributed by atoms with Crippen molar-refractivity contribution in [3.63, 3.8) is 0 Å². The van der Waals surface area contributed by atoms with Crippen LogP contribution in [-0.4, -0.2) is 11.1 Å². The molecule has 2 N–H and O–H groups in total. The molecule has 2 rings (SSSR count). The van der Waals surface area contributed by atoms with Gasteiger partial charge in [-0.1, -0.05) is 12.1 Å². The van der Waals surface area contributed by atoms with Crippen molar-refractivity contribution in [2.45, 2.75) is 26.8 Å². The average molecular weight is 202 g/mol. The summed E-state index contributed by atoms with van der Waals surface area (Å²) in [6, 6.07) is 8.84. The van der Waals surface area contributed by atoms with E-state index in [-0.39, 0.29) is 0 Å². The zero-order valence-electron chi connectivity index (χ0n) is 9.46. The number of fused-ring (bicyclic) bond motifs is 1. The molecule has 0 saturated heterocycles. The Kier molecular flexibility index (Phi) is 2.78. The molecule has 0 fully saturated rings. The van der Waals surface area contributed by atoms with Crippen molar-refractivity contribution in [3.8, 4) is 0 Å². The van der Waals surface area contributed by atoms with Crippen LogP contribution in [0.25, 0.3) is 10.9 Å². The van der Waals surface area contributed by atoms with Crippen LogP contribution >= 0.6 is 0 Å². The maximum atomic E-state index is 5.56. The Balaban J connectivity index is 2.50. The lowest BCUT2D eigenvalue weighted by Crippen LogP contribution is -2.06. The summed E-state index contributed by atoms with van der Waals surface area (Å²) in [5, 5.41) is 1.33. The number of benzene rings is 1. The molecule has 0 aliphatic rings. The second kappa shape index (κ2) is 4.07. The van der Waals surface area contributed by atoms with Crippen LogP contribution in [0.2, 0.25) is 0 Å². The third-order valence-electron chi connectivity index (χ3n) is 2.85. The molecule has 0 saturated carbocycles. The van der Waals surface area contributed by atoms with Crippen LogP contribution in [0.15, 0.2) is 24.3 Å². The average Bonchev–Trinajstić information content (AvgIpc) is 2.51. The number of nitrogens with zero attached hydrogens (tertiary/aromatic N) is 1. The van der Waals surface area contributed by atoms with E-state index in [4.69, 9.17) is 5.73 Å². The van der Waals surface area contributed by atoms with Crippen LogP contribution in [0, 0.1) is 13.8 Å². The summed E-state index contributed by atoms with van der Waals surface area (Å²) in [4.78, 5) is 0. The van der Waals surface area contributed by atoms with Crippen molar-refractivity contribution >= 4 is 10.9 Å². The Bertz CT molecular complexity index is 469. The van der Waals surface area contributed by atoms with Gasteiger partial charge >= 0.3 is 0 Å². The predicted molar refractivity (Wildman–Crippen MR) is 65.1 cm³/mol. The fourth-order valence-corrected chi connectivity index (χ4v) is 2.05. The van der Waals surface area contributed by atoms with Crippen LogP contribution in [0.3, 0.4) is 0 Å². The highest BCUT2D eigenvalue weighted by atomic mass is 15.0. The van der Waals surface area contributed by atoms with Gasteiger partial charge in [0.2, 0.25) is 0 Å². The molecule has 0 spiro atoms. The van der Waals surface area contributed by atoms with Gasteiger partial charge < -0.3 is 10.3 Å². The first-order valence-corrected chi connectivity index (χ1v) is 5.49. The summed E-state index contributed by atoms with van der Waals surface area (Å²) < 4.78 is 2.36. The zero-order valence-corrected chi connectivity index (χ0v) is 9.46. The summed E-state index contributed by atoms with van der Waals surface area (Å²) in [6.07, 6.45) is 1.04. The van der Waals surface area contributed by atoms with Gasteiger partial charge in [0, 0.05) is 17.8 Å². The molecule has 15 heavy (non-hydrogen) atoms. The Labute approximate surface area is 90.7 Å². The molecular weight excluding hydrogens is 184 g/mol. The molecule has 1 aromatic carbocycles. The SMILES string of the molecule is Cc1ccc2cc(C)n(CCCN)c2c1. The summed E-state index contributed by atoms with van der Waals surface area (Å²) in [5.41, 5.74) is 9.53. The minimum absolute atomic E-state index is 0.755. The maximum Gasteiger partial charge on any atom is 0.0485 e. The molecule has 0 aliphatic heterocycles. The number of nitrogens with two attached hydrogens (primary N) is 1. The second-order valence-electron chi connectivity index (χ2n) is 4.14. The Morgan fingerprint density at radius 1 is 1.20 bits per heavy atom. The van der Waals surface area contributed by atoms with Gasteiger partial charge in [-0.2, -0.15) is 0 Å². The van der Waals surface area contributed by atoms with Gasteiger partial charge in [0.15, 0.2) is 0 Å². The van der Waals surface area contributed by atoms with Gasteiger partial charge in [-0.15, -0.1) is 0 Å². The fourth-order valence-electron chi connectivity index (χ4n) is 2.05. The quantitative estimate of drug-likeness (QED) is 0.815. The highest BCUT2D eigenvalue weighted by Crippen LogP contribution is 2.21. The molecule has 0 atom stereocenters. The van der Waals surface area contributed by atoms with Crippen LogP contribution in [0.1, 0.15) is 17.7 Å². The van der Waals surface area contributed by atoms with Crippen LogP contribution in [0.4, 0.5) is 0 Å². The molecule has 80 valence electrons. The van der Waals surface area contributed by atoms with Crippen LogP contribution in [0.5, 0.6) is 0 Å². The minimum atomic E-state index is 0.755. The van der Waals surface area contributed by atoms with Crippen molar-refractivity contribution in [1.82, 2.24) is 4.57 Å². The highest BCUT2D eigenvalue weighted by Gasteiger charge is 2.04. The van der Waals surface area contributed by atoms with E-state index < -0.39 is 0 Å². The number of rotatable bonds is 3. The van der Waals surface area contributed by atoms with Gasteiger partial charge in [-0.3, -0.25) is 0 Å². The molecular formula is C13H18N2. The number of hydrogen-bond acceptors (Lipinski definition) is 1. The highest BCUT2D eigenvalue weighted by molar-refractivity contribution is 5.82. The molecule has 0 unspecified atom stereocenters. The molecule has 2 nitrogen and oxygen atoms in total. The fraction of sp³-hybridized carbons (Fsp3) is 0.385. The van der Waals surface area contributed by atoms with E-state index in [1.165, 1.54) is 22.2 Å². The summed E-state index contributed by atoms with van der Waals surface area (Å²) >= 11 is 0. The topological polar surface area (TPSA) is 30.9 Å². The van der Waals surface area contributed by atoms with Crippen molar-refractivity contribution in [2.24, 2.45) is 5.73 Å². The Morgan fingerprint density at radius 2 is 2.00 bits per heavy atom. The van der Waals surface area contributed by atoms with Gasteiger partial charge in [-0.25, -0.2) is 0 Å². The van der Waals surface area contributed by atoms with Gasteiger partial charge in [0.25, 0.3) is 0 Å². The van der Waals surface area contributed by atoms with E-state index in [1.807, 2.05) is 0 Å². The number of aromatic nitrogens is 1. The van der Waals surface area contributed by atoms with E-state index in [0.29, 0.717) is 0 Å². The van der Waals surface area contributed by atoms with Gasteiger partial charge in [0.05, 0.1) is 0 Å². The van der Waals surface area contributed by atoms with E-state index in [9.17, 15) is 0 Å². The molecule has 2 heteroatoms. The minimum Gasteiger partial charge on any atom is -0.345 e. The second-order valence-corrected chi connectivity index (χ2v) is 4.14.